The highest BCUT2D eigenvalue weighted by Gasteiger charge is 2.37. The van der Waals surface area contributed by atoms with Crippen LogP contribution in [0.1, 0.15) is 22.3 Å². The minimum Gasteiger partial charge on any atom is -0.288 e. The van der Waals surface area contributed by atoms with Crippen LogP contribution in [0.4, 0.5) is 26.3 Å². The van der Waals surface area contributed by atoms with Crippen molar-refractivity contribution in [3.63, 3.8) is 0 Å². The molecule has 0 radical (unpaired) electrons. The second-order valence-electron chi connectivity index (χ2n) is 9.02. The number of aliphatic imine (C=N–C) groups is 1. The lowest BCUT2D eigenvalue weighted by atomic mass is 9.84. The van der Waals surface area contributed by atoms with Gasteiger partial charge in [-0.05, 0) is 73.6 Å². The van der Waals surface area contributed by atoms with Gasteiger partial charge in [0.25, 0.3) is 0 Å². The zero-order valence-corrected chi connectivity index (χ0v) is 19.1. The Bertz CT molecular complexity index is 1690. The average molecular weight is 505 g/mol. The molecular weight excluding hydrogens is 488 g/mol. The summed E-state index contributed by atoms with van der Waals surface area (Å²) in [5.41, 5.74) is 0.914. The molecule has 1 aliphatic rings. The van der Waals surface area contributed by atoms with Gasteiger partial charge in [-0.3, -0.25) is 4.99 Å². The highest BCUT2D eigenvalue weighted by Crippen LogP contribution is 2.45. The highest BCUT2D eigenvalue weighted by molar-refractivity contribution is 6.15. The fourth-order valence-electron chi connectivity index (χ4n) is 5.12. The molecule has 0 spiro atoms. The molecule has 7 heteroatoms. The van der Waals surface area contributed by atoms with Crippen molar-refractivity contribution in [2.24, 2.45) is 4.99 Å². The molecule has 1 aliphatic heterocycles. The molecule has 0 fully saturated rings. The van der Waals surface area contributed by atoms with Gasteiger partial charge in [-0.2, -0.15) is 26.3 Å². The lowest BCUT2D eigenvalue weighted by molar-refractivity contribution is -0.143. The van der Waals surface area contributed by atoms with Crippen LogP contribution in [-0.4, -0.2) is 6.21 Å². The molecule has 37 heavy (non-hydrogen) atoms. The van der Waals surface area contributed by atoms with E-state index in [2.05, 4.69) is 4.99 Å². The third kappa shape index (κ3) is 3.95. The molecule has 6 rings (SSSR count). The smallest absolute Gasteiger partial charge is 0.288 e. The van der Waals surface area contributed by atoms with E-state index >= 15 is 0 Å². The monoisotopic (exact) mass is 505 g/mol. The van der Waals surface area contributed by atoms with Crippen LogP contribution in [0, 0.1) is 0 Å². The molecule has 184 valence electrons. The number of halogens is 6. The molecule has 5 aromatic rings. The van der Waals surface area contributed by atoms with E-state index in [-0.39, 0.29) is 18.2 Å². The van der Waals surface area contributed by atoms with Gasteiger partial charge in [0.2, 0.25) is 0 Å². The minimum absolute atomic E-state index is 0.146. The van der Waals surface area contributed by atoms with Crippen LogP contribution in [0.25, 0.3) is 43.8 Å². The zero-order valence-electron chi connectivity index (χ0n) is 19.1. The summed E-state index contributed by atoms with van der Waals surface area (Å²) in [6.45, 7) is 0.237. The largest absolute Gasteiger partial charge is 0.416 e. The van der Waals surface area contributed by atoms with Crippen LogP contribution in [0.15, 0.2) is 89.9 Å². The maximum atomic E-state index is 13.6. The normalized spacial score (nSPS) is 13.5. The SMILES string of the molecule is FC(F)(F)c1cc(-c2cc3c(c4ccccc24)-c2c(ccc4ccccc24)C=NC3)cc(C(F)(F)F)c1. The number of fused-ring (bicyclic) bond motifs is 7. The fraction of sp³-hybridized carbons (Fsp3) is 0.100. The first-order chi connectivity index (χ1) is 17.6. The summed E-state index contributed by atoms with van der Waals surface area (Å²) in [4.78, 5) is 4.53. The van der Waals surface area contributed by atoms with Crippen molar-refractivity contribution in [1.29, 1.82) is 0 Å². The van der Waals surface area contributed by atoms with E-state index in [0.717, 1.165) is 50.5 Å². The molecule has 0 atom stereocenters. The molecule has 0 N–H and O–H groups in total. The van der Waals surface area contributed by atoms with Crippen LogP contribution in [0.2, 0.25) is 0 Å². The molecule has 0 saturated heterocycles. The predicted octanol–water partition coefficient (Wildman–Crippen LogP) is 9.30. The van der Waals surface area contributed by atoms with E-state index in [1.54, 1.807) is 24.4 Å². The van der Waals surface area contributed by atoms with Crippen LogP contribution in [-0.2, 0) is 18.9 Å². The lowest BCUT2D eigenvalue weighted by Crippen LogP contribution is -2.11. The standard InChI is InChI=1S/C30H17F6N/c31-29(32,33)21-11-19(12-22(14-21)30(34,35)36)26-13-20-16-37-15-18-10-9-17-5-1-2-6-23(17)27(18)28(20)25-8-4-3-7-24(25)26/h1-15H,16H2. The second-order valence-corrected chi connectivity index (χ2v) is 9.02. The van der Waals surface area contributed by atoms with Crippen molar-refractivity contribution in [3.05, 3.63) is 107 Å². The molecule has 5 aromatic carbocycles. The first-order valence-corrected chi connectivity index (χ1v) is 11.5. The Morgan fingerprint density at radius 2 is 1.22 bits per heavy atom. The molecule has 0 saturated carbocycles. The van der Waals surface area contributed by atoms with Crippen LogP contribution in [0.5, 0.6) is 0 Å². The van der Waals surface area contributed by atoms with Crippen molar-refractivity contribution in [2.75, 3.05) is 0 Å². The first-order valence-electron chi connectivity index (χ1n) is 11.5. The summed E-state index contributed by atoms with van der Waals surface area (Å²) in [5, 5.41) is 3.31. The van der Waals surface area contributed by atoms with Gasteiger partial charge in [-0.1, -0.05) is 60.7 Å². The van der Waals surface area contributed by atoms with Gasteiger partial charge in [0.05, 0.1) is 17.7 Å². The highest BCUT2D eigenvalue weighted by atomic mass is 19.4. The Morgan fingerprint density at radius 1 is 0.595 bits per heavy atom. The van der Waals surface area contributed by atoms with Gasteiger partial charge < -0.3 is 0 Å². The molecule has 1 nitrogen and oxygen atoms in total. The van der Waals surface area contributed by atoms with E-state index in [9.17, 15) is 26.3 Å². The van der Waals surface area contributed by atoms with E-state index in [1.165, 1.54) is 0 Å². The van der Waals surface area contributed by atoms with Crippen molar-refractivity contribution < 1.29 is 26.3 Å². The van der Waals surface area contributed by atoms with E-state index in [4.69, 9.17) is 0 Å². The molecule has 0 amide bonds. The van der Waals surface area contributed by atoms with Crippen molar-refractivity contribution in [3.8, 4) is 22.3 Å². The summed E-state index contributed by atoms with van der Waals surface area (Å²) in [5.74, 6) is 0. The Morgan fingerprint density at radius 3 is 1.89 bits per heavy atom. The van der Waals surface area contributed by atoms with E-state index < -0.39 is 23.5 Å². The maximum Gasteiger partial charge on any atom is 0.416 e. The van der Waals surface area contributed by atoms with E-state index in [0.29, 0.717) is 10.9 Å². The number of benzene rings is 5. The number of hydrogen-bond acceptors (Lipinski definition) is 1. The summed E-state index contributed by atoms with van der Waals surface area (Å²) in [7, 11) is 0. The Hall–Kier alpha value is -4.13. The lowest BCUT2D eigenvalue weighted by Gasteiger charge is -2.20. The predicted molar refractivity (Wildman–Crippen MR) is 134 cm³/mol. The van der Waals surface area contributed by atoms with Crippen molar-refractivity contribution in [1.82, 2.24) is 0 Å². The van der Waals surface area contributed by atoms with Crippen LogP contribution < -0.4 is 0 Å². The summed E-state index contributed by atoms with van der Waals surface area (Å²) in [6, 6.07) is 22.4. The van der Waals surface area contributed by atoms with Gasteiger partial charge in [-0.25, -0.2) is 0 Å². The molecule has 0 aliphatic carbocycles. The maximum absolute atomic E-state index is 13.6. The molecule has 0 aromatic heterocycles. The third-order valence-electron chi connectivity index (χ3n) is 6.73. The number of rotatable bonds is 1. The quantitative estimate of drug-likeness (QED) is 0.201. The number of alkyl halides is 6. The molecule has 0 unspecified atom stereocenters. The zero-order chi connectivity index (χ0) is 25.9. The number of hydrogen-bond donors (Lipinski definition) is 0. The minimum atomic E-state index is -4.93. The Balaban J connectivity index is 1.71. The fourth-order valence-corrected chi connectivity index (χ4v) is 5.12. The number of nitrogens with zero attached hydrogens (tertiary/aromatic N) is 1. The Kier molecular flexibility index (Phi) is 5.16. The van der Waals surface area contributed by atoms with Gasteiger partial charge in [0, 0.05) is 11.8 Å². The van der Waals surface area contributed by atoms with Gasteiger partial charge in [0.15, 0.2) is 0 Å². The van der Waals surface area contributed by atoms with Gasteiger partial charge >= 0.3 is 12.4 Å². The summed E-state index contributed by atoms with van der Waals surface area (Å²) >= 11 is 0. The molecule has 1 heterocycles. The van der Waals surface area contributed by atoms with Crippen LogP contribution in [0.3, 0.4) is 0 Å². The second kappa shape index (κ2) is 8.20. The van der Waals surface area contributed by atoms with Crippen molar-refractivity contribution in [2.45, 2.75) is 18.9 Å². The summed E-state index contributed by atoms with van der Waals surface area (Å²) < 4.78 is 81.7. The third-order valence-corrected chi connectivity index (χ3v) is 6.73. The van der Waals surface area contributed by atoms with Crippen molar-refractivity contribution >= 4 is 27.8 Å². The average Bonchev–Trinajstić information content (AvgIpc) is 3.06. The molecule has 0 bridgehead atoms. The van der Waals surface area contributed by atoms with E-state index in [1.807, 2.05) is 48.5 Å². The molecular formula is C30H17F6N. The van der Waals surface area contributed by atoms with Crippen LogP contribution >= 0.6 is 0 Å². The first kappa shape index (κ1) is 23.3. The van der Waals surface area contributed by atoms with Gasteiger partial charge in [-0.15, -0.1) is 0 Å². The van der Waals surface area contributed by atoms with Gasteiger partial charge in [0.1, 0.15) is 0 Å². The topological polar surface area (TPSA) is 12.4 Å². The Labute approximate surface area is 207 Å². The summed E-state index contributed by atoms with van der Waals surface area (Å²) in [6.07, 6.45) is -8.10.